The first-order valence-electron chi connectivity index (χ1n) is 3.61. The molecule has 5 nitrogen and oxygen atoms in total. The predicted molar refractivity (Wildman–Crippen MR) is 43.8 cm³/mol. The molecule has 5 heteroatoms. The summed E-state index contributed by atoms with van der Waals surface area (Å²) >= 11 is 0. The third-order valence-electron chi connectivity index (χ3n) is 1.58. The molecule has 1 amide bonds. The zero-order valence-corrected chi connectivity index (χ0v) is 7.70. The fraction of sp³-hybridized carbons (Fsp3) is 0.571. The second-order valence-electron chi connectivity index (χ2n) is 2.81. The van der Waals surface area contributed by atoms with Crippen molar-refractivity contribution < 1.29 is 4.79 Å². The third kappa shape index (κ3) is 1.44. The summed E-state index contributed by atoms with van der Waals surface area (Å²) in [5.74, 6) is 0.818. The van der Waals surface area contributed by atoms with E-state index >= 15 is 0 Å². The van der Waals surface area contributed by atoms with Gasteiger partial charge in [0.1, 0.15) is 5.82 Å². The number of hydrogen-bond donors (Lipinski definition) is 0. The van der Waals surface area contributed by atoms with E-state index < -0.39 is 0 Å². The van der Waals surface area contributed by atoms with Crippen molar-refractivity contribution in [1.29, 1.82) is 0 Å². The van der Waals surface area contributed by atoms with Crippen molar-refractivity contribution in [3.8, 4) is 0 Å². The largest absolute Gasteiger partial charge is 0.342 e. The van der Waals surface area contributed by atoms with Crippen LogP contribution < -0.4 is 0 Å². The van der Waals surface area contributed by atoms with Crippen LogP contribution in [0, 0.1) is 6.92 Å². The molecule has 1 rings (SSSR count). The smallest absolute Gasteiger partial charge is 0.293 e. The standard InChI is InChI=1S/C7H12N4O/c1-5-8-6(9-11(5)4)7(12)10(2)3/h1-4H3. The second-order valence-corrected chi connectivity index (χ2v) is 2.81. The number of carbonyl (C=O) groups is 1. The average Bonchev–Trinajstić information content (AvgIpc) is 2.30. The maximum absolute atomic E-state index is 11.3. The Balaban J connectivity index is 2.97. The highest BCUT2D eigenvalue weighted by Gasteiger charge is 2.13. The highest BCUT2D eigenvalue weighted by Crippen LogP contribution is 1.96. The van der Waals surface area contributed by atoms with E-state index in [-0.39, 0.29) is 11.7 Å². The lowest BCUT2D eigenvalue weighted by atomic mass is 10.5. The molecule has 0 saturated carbocycles. The van der Waals surface area contributed by atoms with Gasteiger partial charge in [-0.2, -0.15) is 0 Å². The van der Waals surface area contributed by atoms with E-state index in [1.807, 2.05) is 0 Å². The van der Waals surface area contributed by atoms with Gasteiger partial charge in [0.2, 0.25) is 5.82 Å². The molecule has 0 aliphatic rings. The minimum absolute atomic E-state index is 0.168. The normalized spacial score (nSPS) is 10.0. The molecule has 1 aromatic rings. The molecule has 0 atom stereocenters. The molecule has 0 fully saturated rings. The predicted octanol–water partition coefficient (Wildman–Crippen LogP) is -0.175. The maximum atomic E-state index is 11.3. The molecule has 0 aliphatic heterocycles. The molecule has 12 heavy (non-hydrogen) atoms. The third-order valence-corrected chi connectivity index (χ3v) is 1.58. The molecule has 0 N–H and O–H groups in total. The van der Waals surface area contributed by atoms with Gasteiger partial charge >= 0.3 is 0 Å². The Bertz CT molecular complexity index is 283. The van der Waals surface area contributed by atoms with Crippen LogP contribution in [0.3, 0.4) is 0 Å². The van der Waals surface area contributed by atoms with Crippen LogP contribution in [0.1, 0.15) is 16.4 Å². The fourth-order valence-electron chi connectivity index (χ4n) is 0.753. The Morgan fingerprint density at radius 2 is 2.08 bits per heavy atom. The van der Waals surface area contributed by atoms with E-state index in [0.717, 1.165) is 5.82 Å². The van der Waals surface area contributed by atoms with E-state index in [9.17, 15) is 4.79 Å². The van der Waals surface area contributed by atoms with Gasteiger partial charge in [-0.3, -0.25) is 9.48 Å². The van der Waals surface area contributed by atoms with Crippen molar-refractivity contribution in [2.45, 2.75) is 6.92 Å². The summed E-state index contributed by atoms with van der Waals surface area (Å²) in [6.07, 6.45) is 0. The molecule has 0 aromatic carbocycles. The van der Waals surface area contributed by atoms with E-state index in [4.69, 9.17) is 0 Å². The van der Waals surface area contributed by atoms with Crippen molar-refractivity contribution in [2.24, 2.45) is 7.05 Å². The number of nitrogens with zero attached hydrogens (tertiary/aromatic N) is 4. The van der Waals surface area contributed by atoms with Crippen LogP contribution in [0.5, 0.6) is 0 Å². The Kier molecular flexibility index (Phi) is 2.12. The summed E-state index contributed by atoms with van der Waals surface area (Å²) < 4.78 is 1.58. The summed E-state index contributed by atoms with van der Waals surface area (Å²) in [4.78, 5) is 16.7. The van der Waals surface area contributed by atoms with Crippen LogP contribution in [0.2, 0.25) is 0 Å². The first-order chi connectivity index (χ1) is 5.52. The summed E-state index contributed by atoms with van der Waals surface area (Å²) in [5, 5.41) is 3.95. The van der Waals surface area contributed by atoms with Gasteiger partial charge in [-0.1, -0.05) is 0 Å². The van der Waals surface area contributed by atoms with Crippen LogP contribution in [0.15, 0.2) is 0 Å². The quantitative estimate of drug-likeness (QED) is 0.584. The number of rotatable bonds is 1. The number of aromatic nitrogens is 3. The van der Waals surface area contributed by atoms with Crippen molar-refractivity contribution in [1.82, 2.24) is 19.7 Å². The molecule has 0 unspecified atom stereocenters. The Morgan fingerprint density at radius 3 is 2.42 bits per heavy atom. The number of amides is 1. The maximum Gasteiger partial charge on any atom is 0.293 e. The molecule has 0 radical (unpaired) electrons. The van der Waals surface area contributed by atoms with Crippen molar-refractivity contribution in [3.63, 3.8) is 0 Å². The monoisotopic (exact) mass is 168 g/mol. The zero-order chi connectivity index (χ0) is 9.30. The van der Waals surface area contributed by atoms with Crippen molar-refractivity contribution in [3.05, 3.63) is 11.6 Å². The van der Waals surface area contributed by atoms with Crippen LogP contribution >= 0.6 is 0 Å². The molecule has 0 spiro atoms. The number of aryl methyl sites for hydroxylation is 2. The fourth-order valence-corrected chi connectivity index (χ4v) is 0.753. The highest BCUT2D eigenvalue weighted by molar-refractivity contribution is 5.89. The lowest BCUT2D eigenvalue weighted by Crippen LogP contribution is -2.23. The van der Waals surface area contributed by atoms with Gasteiger partial charge in [0.05, 0.1) is 0 Å². The molecular weight excluding hydrogens is 156 g/mol. The molecular formula is C7H12N4O. The minimum atomic E-state index is -0.168. The topological polar surface area (TPSA) is 51.0 Å². The van der Waals surface area contributed by atoms with Gasteiger partial charge < -0.3 is 4.90 Å². The van der Waals surface area contributed by atoms with Crippen molar-refractivity contribution >= 4 is 5.91 Å². The summed E-state index contributed by atoms with van der Waals surface area (Å²) in [6.45, 7) is 1.80. The Morgan fingerprint density at radius 1 is 1.50 bits per heavy atom. The molecule has 1 aromatic heterocycles. The molecule has 0 aliphatic carbocycles. The highest BCUT2D eigenvalue weighted by atomic mass is 16.2. The lowest BCUT2D eigenvalue weighted by molar-refractivity contribution is 0.0815. The first kappa shape index (κ1) is 8.70. The van der Waals surface area contributed by atoms with Gasteiger partial charge in [-0.15, -0.1) is 5.10 Å². The zero-order valence-electron chi connectivity index (χ0n) is 7.70. The van der Waals surface area contributed by atoms with Crippen LogP contribution in [-0.2, 0) is 7.05 Å². The van der Waals surface area contributed by atoms with E-state index in [2.05, 4.69) is 10.1 Å². The minimum Gasteiger partial charge on any atom is -0.342 e. The molecule has 1 heterocycles. The summed E-state index contributed by atoms with van der Waals surface area (Å²) in [5.41, 5.74) is 0. The van der Waals surface area contributed by atoms with E-state index in [1.165, 1.54) is 4.90 Å². The van der Waals surface area contributed by atoms with Crippen LogP contribution in [0.25, 0.3) is 0 Å². The van der Waals surface area contributed by atoms with Gasteiger partial charge in [0.25, 0.3) is 5.91 Å². The van der Waals surface area contributed by atoms with E-state index in [1.54, 1.807) is 32.7 Å². The lowest BCUT2D eigenvalue weighted by Gasteiger charge is -2.05. The van der Waals surface area contributed by atoms with Gasteiger partial charge in [-0.05, 0) is 6.92 Å². The van der Waals surface area contributed by atoms with Gasteiger partial charge in [-0.25, -0.2) is 4.98 Å². The second kappa shape index (κ2) is 2.92. The van der Waals surface area contributed by atoms with Crippen molar-refractivity contribution in [2.75, 3.05) is 14.1 Å². The molecule has 0 saturated heterocycles. The Labute approximate surface area is 71.0 Å². The summed E-state index contributed by atoms with van der Waals surface area (Å²) in [6, 6.07) is 0. The number of hydrogen-bond acceptors (Lipinski definition) is 3. The Hall–Kier alpha value is -1.39. The first-order valence-corrected chi connectivity index (χ1v) is 3.61. The van der Waals surface area contributed by atoms with E-state index in [0.29, 0.717) is 0 Å². The summed E-state index contributed by atoms with van der Waals surface area (Å²) in [7, 11) is 5.11. The number of carbonyl (C=O) groups excluding carboxylic acids is 1. The van der Waals surface area contributed by atoms with Crippen LogP contribution in [-0.4, -0.2) is 39.7 Å². The van der Waals surface area contributed by atoms with Crippen LogP contribution in [0.4, 0.5) is 0 Å². The average molecular weight is 168 g/mol. The van der Waals surface area contributed by atoms with Gasteiger partial charge in [0, 0.05) is 21.1 Å². The van der Waals surface area contributed by atoms with Gasteiger partial charge in [0.15, 0.2) is 0 Å². The SMILES string of the molecule is Cc1nc(C(=O)N(C)C)nn1C. The molecule has 0 bridgehead atoms. The molecule has 66 valence electrons.